The first-order valence-electron chi connectivity index (χ1n) is 5.81. The lowest BCUT2D eigenvalue weighted by Gasteiger charge is -2.08. The fraction of sp³-hybridized carbons (Fsp3) is 0.133. The number of nitrogen functional groups attached to an aromatic ring is 1. The topological polar surface area (TPSA) is 59.0 Å². The molecule has 19 heavy (non-hydrogen) atoms. The number of hydrogen-bond donors (Lipinski definition) is 1. The molecule has 2 aromatic rings. The van der Waals surface area contributed by atoms with Crippen LogP contribution >= 0.6 is 11.6 Å². The van der Waals surface area contributed by atoms with Gasteiger partial charge in [0.15, 0.2) is 0 Å². The minimum Gasteiger partial charge on any atom is -0.489 e. The van der Waals surface area contributed by atoms with Crippen molar-refractivity contribution in [2.45, 2.75) is 13.0 Å². The number of rotatable bonds is 4. The van der Waals surface area contributed by atoms with E-state index in [0.29, 0.717) is 23.7 Å². The summed E-state index contributed by atoms with van der Waals surface area (Å²) >= 11 is 6.07. The molecule has 2 N–H and O–H groups in total. The second kappa shape index (κ2) is 6.12. The maximum atomic E-state index is 8.59. The Kier molecular flexibility index (Phi) is 4.27. The summed E-state index contributed by atoms with van der Waals surface area (Å²) < 4.78 is 5.64. The first-order chi connectivity index (χ1) is 9.19. The maximum absolute atomic E-state index is 8.59. The molecule has 3 nitrogen and oxygen atoms in total. The summed E-state index contributed by atoms with van der Waals surface area (Å²) in [6, 6.07) is 14.9. The van der Waals surface area contributed by atoms with Crippen molar-refractivity contribution in [3.05, 3.63) is 58.6 Å². The van der Waals surface area contributed by atoms with Gasteiger partial charge in [-0.25, -0.2) is 0 Å². The summed E-state index contributed by atoms with van der Waals surface area (Å²) in [7, 11) is 0. The number of halogens is 1. The quantitative estimate of drug-likeness (QED) is 0.866. The van der Waals surface area contributed by atoms with E-state index in [2.05, 4.69) is 6.07 Å². The van der Waals surface area contributed by atoms with Crippen molar-refractivity contribution >= 4 is 17.3 Å². The van der Waals surface area contributed by atoms with Gasteiger partial charge in [0.05, 0.1) is 12.5 Å². The third-order valence-electron chi connectivity index (χ3n) is 2.68. The van der Waals surface area contributed by atoms with E-state index in [0.717, 1.165) is 16.9 Å². The summed E-state index contributed by atoms with van der Waals surface area (Å²) in [4.78, 5) is 0. The molecule has 0 atom stereocenters. The first-order valence-corrected chi connectivity index (χ1v) is 6.19. The van der Waals surface area contributed by atoms with Gasteiger partial charge >= 0.3 is 0 Å². The third kappa shape index (κ3) is 3.64. The summed E-state index contributed by atoms with van der Waals surface area (Å²) in [5.74, 6) is 0.745. The van der Waals surface area contributed by atoms with Crippen LogP contribution in [-0.2, 0) is 13.0 Å². The number of nitriles is 1. The van der Waals surface area contributed by atoms with Crippen molar-refractivity contribution < 1.29 is 4.74 Å². The van der Waals surface area contributed by atoms with E-state index in [-0.39, 0.29) is 0 Å². The average Bonchev–Trinajstić information content (AvgIpc) is 2.40. The zero-order chi connectivity index (χ0) is 13.7. The van der Waals surface area contributed by atoms with Crippen molar-refractivity contribution in [1.82, 2.24) is 0 Å². The van der Waals surface area contributed by atoms with Gasteiger partial charge in [0, 0.05) is 16.3 Å². The summed E-state index contributed by atoms with van der Waals surface area (Å²) in [5.41, 5.74) is 8.12. The molecule has 0 aromatic heterocycles. The van der Waals surface area contributed by atoms with Crippen LogP contribution in [0.15, 0.2) is 42.5 Å². The summed E-state index contributed by atoms with van der Waals surface area (Å²) in [6.45, 7) is 0.386. The van der Waals surface area contributed by atoms with Crippen molar-refractivity contribution in [2.24, 2.45) is 0 Å². The Morgan fingerprint density at radius 1 is 1.16 bits per heavy atom. The Hall–Kier alpha value is -2.18. The molecule has 0 amide bonds. The fourth-order valence-electron chi connectivity index (χ4n) is 1.64. The fourth-order valence-corrected chi connectivity index (χ4v) is 1.88. The lowest BCUT2D eigenvalue weighted by Crippen LogP contribution is -1.97. The molecule has 0 unspecified atom stereocenters. The molecule has 0 aliphatic carbocycles. The lowest BCUT2D eigenvalue weighted by molar-refractivity contribution is 0.306. The number of nitrogens with two attached hydrogens (primary N) is 1. The monoisotopic (exact) mass is 272 g/mol. The van der Waals surface area contributed by atoms with Gasteiger partial charge in [-0.05, 0) is 29.8 Å². The van der Waals surface area contributed by atoms with E-state index >= 15 is 0 Å². The van der Waals surface area contributed by atoms with Crippen LogP contribution in [0.5, 0.6) is 5.75 Å². The highest BCUT2D eigenvalue weighted by molar-refractivity contribution is 6.31. The predicted molar refractivity (Wildman–Crippen MR) is 76.0 cm³/mol. The zero-order valence-electron chi connectivity index (χ0n) is 10.3. The molecule has 0 saturated carbocycles. The highest BCUT2D eigenvalue weighted by Crippen LogP contribution is 2.21. The van der Waals surface area contributed by atoms with Gasteiger partial charge in [-0.3, -0.25) is 0 Å². The van der Waals surface area contributed by atoms with E-state index in [4.69, 9.17) is 27.3 Å². The Labute approximate surface area is 117 Å². The Balaban J connectivity index is 2.00. The summed E-state index contributed by atoms with van der Waals surface area (Å²) in [6.07, 6.45) is 0.407. The molecular formula is C15H13ClN2O. The van der Waals surface area contributed by atoms with E-state index in [9.17, 15) is 0 Å². The van der Waals surface area contributed by atoms with Crippen LogP contribution in [-0.4, -0.2) is 0 Å². The van der Waals surface area contributed by atoms with E-state index in [1.54, 1.807) is 12.1 Å². The standard InChI is InChI=1S/C15H13ClN2O/c16-15-9-13(18)4-3-12(15)10-19-14-5-1-11(2-6-14)7-8-17/h1-6,9H,7,10,18H2. The van der Waals surface area contributed by atoms with Gasteiger partial charge < -0.3 is 10.5 Å². The molecule has 0 aliphatic heterocycles. The van der Waals surface area contributed by atoms with Crippen LogP contribution in [0.2, 0.25) is 5.02 Å². The number of ether oxygens (including phenoxy) is 1. The highest BCUT2D eigenvalue weighted by atomic mass is 35.5. The molecule has 0 aliphatic rings. The van der Waals surface area contributed by atoms with Crippen LogP contribution in [0.3, 0.4) is 0 Å². The molecule has 0 radical (unpaired) electrons. The highest BCUT2D eigenvalue weighted by Gasteiger charge is 2.02. The van der Waals surface area contributed by atoms with E-state index < -0.39 is 0 Å². The molecule has 2 aromatic carbocycles. The number of benzene rings is 2. The first kappa shape index (κ1) is 13.3. The van der Waals surface area contributed by atoms with Crippen LogP contribution < -0.4 is 10.5 Å². The zero-order valence-corrected chi connectivity index (χ0v) is 11.0. The molecule has 0 bridgehead atoms. The molecule has 4 heteroatoms. The SMILES string of the molecule is N#CCc1ccc(OCc2ccc(N)cc2Cl)cc1. The van der Waals surface area contributed by atoms with Crippen molar-refractivity contribution in [1.29, 1.82) is 5.26 Å². The second-order valence-corrected chi connectivity index (χ2v) is 4.53. The average molecular weight is 273 g/mol. The number of nitrogens with zero attached hydrogens (tertiary/aromatic N) is 1. The molecule has 96 valence electrons. The normalized spacial score (nSPS) is 9.89. The predicted octanol–water partition coefficient (Wildman–Crippen LogP) is 3.57. The van der Waals surface area contributed by atoms with Crippen LogP contribution in [0, 0.1) is 11.3 Å². The van der Waals surface area contributed by atoms with Gasteiger partial charge in [0.1, 0.15) is 12.4 Å². The minimum atomic E-state index is 0.386. The van der Waals surface area contributed by atoms with Crippen molar-refractivity contribution in [3.63, 3.8) is 0 Å². The van der Waals surface area contributed by atoms with Crippen LogP contribution in [0.25, 0.3) is 0 Å². The Morgan fingerprint density at radius 2 is 1.89 bits per heavy atom. The van der Waals surface area contributed by atoms with Crippen molar-refractivity contribution in [2.75, 3.05) is 5.73 Å². The van der Waals surface area contributed by atoms with Gasteiger partial charge in [-0.2, -0.15) is 5.26 Å². The molecule has 2 rings (SSSR count). The molecule has 0 saturated heterocycles. The van der Waals surface area contributed by atoms with Gasteiger partial charge in [-0.15, -0.1) is 0 Å². The Bertz CT molecular complexity index is 603. The maximum Gasteiger partial charge on any atom is 0.119 e. The van der Waals surface area contributed by atoms with Crippen molar-refractivity contribution in [3.8, 4) is 11.8 Å². The van der Waals surface area contributed by atoms with Crippen LogP contribution in [0.1, 0.15) is 11.1 Å². The van der Waals surface area contributed by atoms with E-state index in [1.807, 2.05) is 30.3 Å². The smallest absolute Gasteiger partial charge is 0.119 e. The van der Waals surface area contributed by atoms with Crippen LogP contribution in [0.4, 0.5) is 5.69 Å². The number of hydrogen-bond acceptors (Lipinski definition) is 3. The van der Waals surface area contributed by atoms with Gasteiger partial charge in [0.2, 0.25) is 0 Å². The van der Waals surface area contributed by atoms with Gasteiger partial charge in [0.25, 0.3) is 0 Å². The van der Waals surface area contributed by atoms with E-state index in [1.165, 1.54) is 0 Å². The largest absolute Gasteiger partial charge is 0.489 e. The molecule has 0 heterocycles. The molecule has 0 spiro atoms. The molecule has 0 fully saturated rings. The minimum absolute atomic E-state index is 0.386. The second-order valence-electron chi connectivity index (χ2n) is 4.12. The number of anilines is 1. The Morgan fingerprint density at radius 3 is 2.53 bits per heavy atom. The lowest BCUT2D eigenvalue weighted by atomic mass is 10.1. The third-order valence-corrected chi connectivity index (χ3v) is 3.03. The molecular weight excluding hydrogens is 260 g/mol. The van der Waals surface area contributed by atoms with Gasteiger partial charge in [-0.1, -0.05) is 29.8 Å². The summed E-state index contributed by atoms with van der Waals surface area (Å²) in [5, 5.41) is 9.19.